The summed E-state index contributed by atoms with van der Waals surface area (Å²) in [6, 6.07) is 18.8. The fraction of sp³-hybridized carbons (Fsp3) is 0.100. The SMILES string of the molecule is O=C(CC1SC(=Nc2cnc3ccccc3c2)NC1=O)Nc1ccccc1. The largest absolute Gasteiger partial charge is 0.326 e. The third-order valence-electron chi connectivity index (χ3n) is 4.01. The van der Waals surface area contributed by atoms with E-state index in [0.717, 1.165) is 10.9 Å². The zero-order valence-corrected chi connectivity index (χ0v) is 15.1. The average molecular weight is 376 g/mol. The highest BCUT2D eigenvalue weighted by atomic mass is 32.2. The van der Waals surface area contributed by atoms with Crippen LogP contribution in [0.25, 0.3) is 10.9 Å². The van der Waals surface area contributed by atoms with Crippen LogP contribution in [0.15, 0.2) is 71.9 Å². The van der Waals surface area contributed by atoms with Crippen LogP contribution in [0.4, 0.5) is 11.4 Å². The van der Waals surface area contributed by atoms with Crippen LogP contribution in [0, 0.1) is 0 Å². The van der Waals surface area contributed by atoms with Crippen LogP contribution in [0.3, 0.4) is 0 Å². The number of amides is 2. The van der Waals surface area contributed by atoms with E-state index < -0.39 is 5.25 Å². The fourth-order valence-electron chi connectivity index (χ4n) is 2.73. The first-order valence-electron chi connectivity index (χ1n) is 8.43. The molecule has 7 heteroatoms. The van der Waals surface area contributed by atoms with E-state index in [9.17, 15) is 9.59 Å². The van der Waals surface area contributed by atoms with Crippen LogP contribution in [-0.4, -0.2) is 27.2 Å². The molecule has 0 bridgehead atoms. The van der Waals surface area contributed by atoms with Crippen molar-refractivity contribution < 1.29 is 9.59 Å². The van der Waals surface area contributed by atoms with Crippen molar-refractivity contribution in [3.63, 3.8) is 0 Å². The van der Waals surface area contributed by atoms with E-state index in [1.165, 1.54) is 11.8 Å². The molecular weight excluding hydrogens is 360 g/mol. The van der Waals surface area contributed by atoms with Gasteiger partial charge >= 0.3 is 0 Å². The van der Waals surface area contributed by atoms with Crippen LogP contribution in [0.1, 0.15) is 6.42 Å². The summed E-state index contributed by atoms with van der Waals surface area (Å²) in [5.41, 5.74) is 2.26. The monoisotopic (exact) mass is 376 g/mol. The van der Waals surface area contributed by atoms with Crippen molar-refractivity contribution >= 4 is 51.0 Å². The number of rotatable bonds is 4. The molecular formula is C20H16N4O2S. The molecule has 2 aromatic carbocycles. The first kappa shape index (κ1) is 17.2. The quantitative estimate of drug-likeness (QED) is 0.730. The summed E-state index contributed by atoms with van der Waals surface area (Å²) in [4.78, 5) is 33.2. The molecule has 2 amide bonds. The number of para-hydroxylation sites is 2. The maximum atomic E-state index is 12.2. The highest BCUT2D eigenvalue weighted by molar-refractivity contribution is 8.15. The lowest BCUT2D eigenvalue weighted by Gasteiger charge is -2.07. The highest BCUT2D eigenvalue weighted by Crippen LogP contribution is 2.26. The summed E-state index contributed by atoms with van der Waals surface area (Å²) in [5, 5.41) is 6.49. The topological polar surface area (TPSA) is 83.5 Å². The number of nitrogens with zero attached hydrogens (tertiary/aromatic N) is 2. The Morgan fingerprint density at radius 1 is 1.15 bits per heavy atom. The first-order valence-corrected chi connectivity index (χ1v) is 9.31. The van der Waals surface area contributed by atoms with Gasteiger partial charge in [0.25, 0.3) is 0 Å². The molecule has 134 valence electrons. The van der Waals surface area contributed by atoms with Crippen molar-refractivity contribution in [2.45, 2.75) is 11.7 Å². The van der Waals surface area contributed by atoms with Gasteiger partial charge in [-0.25, -0.2) is 4.99 Å². The molecule has 1 aromatic heterocycles. The predicted molar refractivity (Wildman–Crippen MR) is 108 cm³/mol. The summed E-state index contributed by atoms with van der Waals surface area (Å²) in [6.07, 6.45) is 1.75. The number of thioether (sulfide) groups is 1. The van der Waals surface area contributed by atoms with Crippen molar-refractivity contribution in [2.75, 3.05) is 5.32 Å². The molecule has 4 rings (SSSR count). The highest BCUT2D eigenvalue weighted by Gasteiger charge is 2.32. The van der Waals surface area contributed by atoms with E-state index >= 15 is 0 Å². The van der Waals surface area contributed by atoms with Crippen LogP contribution < -0.4 is 10.6 Å². The molecule has 0 radical (unpaired) electrons. The molecule has 1 atom stereocenters. The van der Waals surface area contributed by atoms with Crippen molar-refractivity contribution in [3.8, 4) is 0 Å². The number of amidine groups is 1. The lowest BCUT2D eigenvalue weighted by atomic mass is 10.2. The lowest BCUT2D eigenvalue weighted by Crippen LogP contribution is -2.28. The number of aliphatic imine (C=N–C) groups is 1. The Morgan fingerprint density at radius 3 is 2.78 bits per heavy atom. The van der Waals surface area contributed by atoms with Gasteiger partial charge in [-0.1, -0.05) is 48.2 Å². The molecule has 1 fully saturated rings. The minimum absolute atomic E-state index is 0.0837. The molecule has 0 spiro atoms. The number of carbonyl (C=O) groups excluding carboxylic acids is 2. The summed E-state index contributed by atoms with van der Waals surface area (Å²) in [7, 11) is 0. The number of fused-ring (bicyclic) bond motifs is 1. The fourth-order valence-corrected chi connectivity index (χ4v) is 3.72. The Bertz CT molecular complexity index is 1040. The molecule has 2 N–H and O–H groups in total. The van der Waals surface area contributed by atoms with Gasteiger partial charge in [0.2, 0.25) is 11.8 Å². The van der Waals surface area contributed by atoms with Crippen LogP contribution in [0.2, 0.25) is 0 Å². The Labute approximate surface area is 160 Å². The Hall–Kier alpha value is -3.19. The second-order valence-corrected chi connectivity index (χ2v) is 7.21. The van der Waals surface area contributed by atoms with Crippen molar-refractivity contribution in [1.82, 2.24) is 10.3 Å². The normalized spacial score (nSPS) is 17.9. The Balaban J connectivity index is 1.43. The number of nitrogens with one attached hydrogen (secondary N) is 2. The molecule has 0 saturated carbocycles. The van der Waals surface area contributed by atoms with E-state index in [-0.39, 0.29) is 18.2 Å². The average Bonchev–Trinajstić information content (AvgIpc) is 3.01. The van der Waals surface area contributed by atoms with Crippen LogP contribution in [0.5, 0.6) is 0 Å². The Morgan fingerprint density at radius 2 is 1.93 bits per heavy atom. The van der Waals surface area contributed by atoms with Crippen molar-refractivity contribution in [2.24, 2.45) is 4.99 Å². The summed E-state index contributed by atoms with van der Waals surface area (Å²) in [6.45, 7) is 0. The third kappa shape index (κ3) is 4.15. The van der Waals surface area contributed by atoms with Crippen LogP contribution in [-0.2, 0) is 9.59 Å². The van der Waals surface area contributed by atoms with E-state index in [2.05, 4.69) is 20.6 Å². The number of hydrogen-bond donors (Lipinski definition) is 2. The van der Waals surface area contributed by atoms with Crippen molar-refractivity contribution in [1.29, 1.82) is 0 Å². The molecule has 3 aromatic rings. The standard InChI is InChI=1S/C20H16N4O2S/c25-18(22-14-7-2-1-3-8-14)11-17-19(26)24-20(27-17)23-15-10-13-6-4-5-9-16(13)21-12-15/h1-10,12,17H,11H2,(H,22,25)(H,23,24,26). The number of benzene rings is 2. The molecule has 1 aliphatic rings. The minimum atomic E-state index is -0.499. The predicted octanol–water partition coefficient (Wildman–Crippen LogP) is 3.48. The van der Waals surface area contributed by atoms with Gasteiger partial charge in [0.15, 0.2) is 5.17 Å². The van der Waals surface area contributed by atoms with Gasteiger partial charge in [-0.05, 0) is 24.3 Å². The Kier molecular flexibility index (Phi) is 4.84. The van der Waals surface area contributed by atoms with E-state index in [4.69, 9.17) is 0 Å². The molecule has 27 heavy (non-hydrogen) atoms. The van der Waals surface area contributed by atoms with E-state index in [1.807, 2.05) is 48.5 Å². The summed E-state index contributed by atoms with van der Waals surface area (Å²) < 4.78 is 0. The molecule has 6 nitrogen and oxygen atoms in total. The molecule has 1 aliphatic heterocycles. The second-order valence-electron chi connectivity index (χ2n) is 6.02. The van der Waals surface area contributed by atoms with Gasteiger partial charge in [-0.2, -0.15) is 0 Å². The molecule has 0 aliphatic carbocycles. The van der Waals surface area contributed by atoms with E-state index in [0.29, 0.717) is 16.5 Å². The van der Waals surface area contributed by atoms with Gasteiger partial charge < -0.3 is 10.6 Å². The number of pyridine rings is 1. The maximum Gasteiger partial charge on any atom is 0.240 e. The first-order chi connectivity index (χ1) is 13.2. The number of hydrogen-bond acceptors (Lipinski definition) is 5. The van der Waals surface area contributed by atoms with Crippen molar-refractivity contribution in [3.05, 3.63) is 66.9 Å². The number of aromatic nitrogens is 1. The molecule has 2 heterocycles. The lowest BCUT2D eigenvalue weighted by molar-refractivity contribution is -0.122. The summed E-state index contributed by atoms with van der Waals surface area (Å²) in [5.74, 6) is -0.418. The van der Waals surface area contributed by atoms with Crippen LogP contribution >= 0.6 is 11.8 Å². The number of anilines is 1. The van der Waals surface area contributed by atoms with Gasteiger partial charge in [-0.15, -0.1) is 0 Å². The van der Waals surface area contributed by atoms with E-state index in [1.54, 1.807) is 18.3 Å². The zero-order valence-electron chi connectivity index (χ0n) is 14.3. The summed E-state index contributed by atoms with van der Waals surface area (Å²) >= 11 is 1.26. The second kappa shape index (κ2) is 7.59. The maximum absolute atomic E-state index is 12.2. The van der Waals surface area contributed by atoms with Gasteiger partial charge in [0.05, 0.1) is 17.4 Å². The van der Waals surface area contributed by atoms with Gasteiger partial charge in [-0.3, -0.25) is 14.6 Å². The smallest absolute Gasteiger partial charge is 0.240 e. The number of carbonyl (C=O) groups is 2. The third-order valence-corrected chi connectivity index (χ3v) is 5.09. The van der Waals surface area contributed by atoms with Gasteiger partial charge in [0, 0.05) is 17.5 Å². The minimum Gasteiger partial charge on any atom is -0.326 e. The molecule has 1 saturated heterocycles. The molecule has 1 unspecified atom stereocenters. The van der Waals surface area contributed by atoms with Gasteiger partial charge in [0.1, 0.15) is 5.25 Å². The zero-order chi connectivity index (χ0) is 18.6.